The van der Waals surface area contributed by atoms with Gasteiger partial charge in [-0.15, -0.1) is 0 Å². The molecular formula is C14H21NO2. The van der Waals surface area contributed by atoms with Crippen molar-refractivity contribution in [3.05, 3.63) is 29.8 Å². The first-order valence-corrected chi connectivity index (χ1v) is 6.18. The summed E-state index contributed by atoms with van der Waals surface area (Å²) in [5.41, 5.74) is 1.47. The van der Waals surface area contributed by atoms with Crippen LogP contribution in [0.1, 0.15) is 18.4 Å². The van der Waals surface area contributed by atoms with Crippen molar-refractivity contribution in [2.75, 3.05) is 33.9 Å². The van der Waals surface area contributed by atoms with E-state index in [1.807, 2.05) is 19.2 Å². The first-order valence-electron chi connectivity index (χ1n) is 6.18. The molecule has 94 valence electrons. The maximum absolute atomic E-state index is 5.46. The van der Waals surface area contributed by atoms with E-state index in [1.54, 1.807) is 7.11 Å². The van der Waals surface area contributed by atoms with Crippen LogP contribution in [0.5, 0.6) is 5.75 Å². The van der Waals surface area contributed by atoms with Gasteiger partial charge in [-0.1, -0.05) is 18.2 Å². The van der Waals surface area contributed by atoms with Crippen LogP contribution < -0.4 is 10.1 Å². The molecule has 0 atom stereocenters. The van der Waals surface area contributed by atoms with Crippen molar-refractivity contribution in [1.29, 1.82) is 0 Å². The number of para-hydroxylation sites is 1. The highest BCUT2D eigenvalue weighted by Gasteiger charge is 2.41. The molecule has 0 amide bonds. The van der Waals surface area contributed by atoms with Crippen molar-refractivity contribution >= 4 is 0 Å². The molecule has 0 aromatic heterocycles. The van der Waals surface area contributed by atoms with Crippen LogP contribution in [0.25, 0.3) is 0 Å². The highest BCUT2D eigenvalue weighted by Crippen LogP contribution is 2.41. The van der Waals surface area contributed by atoms with Gasteiger partial charge in [0.15, 0.2) is 0 Å². The minimum absolute atomic E-state index is 0.170. The largest absolute Gasteiger partial charge is 0.496 e. The fourth-order valence-corrected chi connectivity index (χ4v) is 2.47. The Labute approximate surface area is 103 Å². The van der Waals surface area contributed by atoms with Gasteiger partial charge < -0.3 is 14.8 Å². The van der Waals surface area contributed by atoms with Gasteiger partial charge in [-0.05, 0) is 32.5 Å². The maximum atomic E-state index is 5.46. The molecule has 0 radical (unpaired) electrons. The average molecular weight is 235 g/mol. The molecule has 1 saturated heterocycles. The third-order valence-electron chi connectivity index (χ3n) is 3.52. The number of benzene rings is 1. The lowest BCUT2D eigenvalue weighted by atomic mass is 9.74. The van der Waals surface area contributed by atoms with E-state index in [4.69, 9.17) is 9.47 Å². The summed E-state index contributed by atoms with van der Waals surface area (Å²) in [6, 6.07) is 8.30. The monoisotopic (exact) mass is 235 g/mol. The highest BCUT2D eigenvalue weighted by atomic mass is 16.5. The predicted octanol–water partition coefficient (Wildman–Crippen LogP) is 1.96. The Morgan fingerprint density at radius 2 is 2.12 bits per heavy atom. The SMILES string of the molecule is CNCCCC1(c2ccccc2OC)COC1. The molecule has 17 heavy (non-hydrogen) atoms. The Morgan fingerprint density at radius 3 is 2.71 bits per heavy atom. The number of rotatable bonds is 6. The van der Waals surface area contributed by atoms with Crippen LogP contribution in [0.4, 0.5) is 0 Å². The van der Waals surface area contributed by atoms with Crippen LogP contribution in [0.15, 0.2) is 24.3 Å². The summed E-state index contributed by atoms with van der Waals surface area (Å²) in [7, 11) is 3.73. The van der Waals surface area contributed by atoms with Gasteiger partial charge in [-0.3, -0.25) is 0 Å². The van der Waals surface area contributed by atoms with E-state index in [0.717, 1.165) is 38.3 Å². The van der Waals surface area contributed by atoms with Crippen molar-refractivity contribution in [3.8, 4) is 5.75 Å². The second-order valence-corrected chi connectivity index (χ2v) is 4.68. The van der Waals surface area contributed by atoms with Gasteiger partial charge >= 0.3 is 0 Å². The van der Waals surface area contributed by atoms with Crippen LogP contribution >= 0.6 is 0 Å². The van der Waals surface area contributed by atoms with Gasteiger partial charge in [0.2, 0.25) is 0 Å². The Kier molecular flexibility index (Phi) is 4.02. The van der Waals surface area contributed by atoms with E-state index >= 15 is 0 Å². The number of ether oxygens (including phenoxy) is 2. The molecule has 0 unspecified atom stereocenters. The fourth-order valence-electron chi connectivity index (χ4n) is 2.47. The molecule has 1 aliphatic heterocycles. The molecule has 3 heteroatoms. The summed E-state index contributed by atoms with van der Waals surface area (Å²) in [5.74, 6) is 0.986. The maximum Gasteiger partial charge on any atom is 0.122 e. The van der Waals surface area contributed by atoms with E-state index < -0.39 is 0 Å². The molecule has 0 saturated carbocycles. The summed E-state index contributed by atoms with van der Waals surface area (Å²) >= 11 is 0. The molecule has 0 bridgehead atoms. The molecular weight excluding hydrogens is 214 g/mol. The first kappa shape index (κ1) is 12.4. The third-order valence-corrected chi connectivity index (χ3v) is 3.52. The van der Waals surface area contributed by atoms with Crippen molar-refractivity contribution < 1.29 is 9.47 Å². The van der Waals surface area contributed by atoms with Gasteiger partial charge in [-0.25, -0.2) is 0 Å². The van der Waals surface area contributed by atoms with Crippen molar-refractivity contribution in [2.45, 2.75) is 18.3 Å². The topological polar surface area (TPSA) is 30.5 Å². The zero-order valence-electron chi connectivity index (χ0n) is 10.7. The number of methoxy groups -OCH3 is 1. The lowest BCUT2D eigenvalue weighted by Crippen LogP contribution is -2.47. The van der Waals surface area contributed by atoms with Crippen LogP contribution in [0.3, 0.4) is 0 Å². The number of hydrogen-bond donors (Lipinski definition) is 1. The third kappa shape index (κ3) is 2.45. The standard InChI is InChI=1S/C14H21NO2/c1-15-9-5-8-14(10-17-11-14)12-6-3-4-7-13(12)16-2/h3-4,6-7,15H,5,8-11H2,1-2H3. The summed E-state index contributed by atoms with van der Waals surface area (Å²) in [5, 5.41) is 3.20. The van der Waals surface area contributed by atoms with Crippen molar-refractivity contribution in [3.63, 3.8) is 0 Å². The van der Waals surface area contributed by atoms with Crippen LogP contribution in [0, 0.1) is 0 Å². The zero-order valence-corrected chi connectivity index (χ0v) is 10.7. The normalized spacial score (nSPS) is 17.5. The van der Waals surface area contributed by atoms with Crippen molar-refractivity contribution in [1.82, 2.24) is 5.32 Å². The fraction of sp³-hybridized carbons (Fsp3) is 0.571. The predicted molar refractivity (Wildman–Crippen MR) is 68.7 cm³/mol. The summed E-state index contributed by atoms with van der Waals surface area (Å²) in [4.78, 5) is 0. The first-order chi connectivity index (χ1) is 8.32. The number of nitrogens with one attached hydrogen (secondary N) is 1. The van der Waals surface area contributed by atoms with Crippen LogP contribution in [-0.2, 0) is 10.2 Å². The van der Waals surface area contributed by atoms with Gasteiger partial charge in [0.1, 0.15) is 5.75 Å². The van der Waals surface area contributed by atoms with E-state index in [9.17, 15) is 0 Å². The minimum Gasteiger partial charge on any atom is -0.496 e. The Morgan fingerprint density at radius 1 is 1.35 bits per heavy atom. The lowest BCUT2D eigenvalue weighted by molar-refractivity contribution is -0.0659. The molecule has 3 nitrogen and oxygen atoms in total. The highest BCUT2D eigenvalue weighted by molar-refractivity contribution is 5.41. The van der Waals surface area contributed by atoms with E-state index in [1.165, 1.54) is 5.56 Å². The quantitative estimate of drug-likeness (QED) is 0.765. The molecule has 1 N–H and O–H groups in total. The zero-order chi connectivity index (χ0) is 12.1. The van der Waals surface area contributed by atoms with Gasteiger partial charge in [0.25, 0.3) is 0 Å². The smallest absolute Gasteiger partial charge is 0.122 e. The van der Waals surface area contributed by atoms with Gasteiger partial charge in [0.05, 0.1) is 20.3 Å². The molecule has 0 aliphatic carbocycles. The second-order valence-electron chi connectivity index (χ2n) is 4.68. The summed E-state index contributed by atoms with van der Waals surface area (Å²) in [6.45, 7) is 2.69. The van der Waals surface area contributed by atoms with Crippen molar-refractivity contribution in [2.24, 2.45) is 0 Å². The van der Waals surface area contributed by atoms with Crippen LogP contribution in [0.2, 0.25) is 0 Å². The molecule has 2 rings (SSSR count). The van der Waals surface area contributed by atoms with E-state index in [-0.39, 0.29) is 5.41 Å². The molecule has 0 spiro atoms. The minimum atomic E-state index is 0.170. The molecule has 1 aliphatic rings. The Bertz CT molecular complexity index is 361. The second kappa shape index (κ2) is 5.52. The Balaban J connectivity index is 2.16. The summed E-state index contributed by atoms with van der Waals surface area (Å²) < 4.78 is 10.9. The molecule has 1 aromatic carbocycles. The van der Waals surface area contributed by atoms with Gasteiger partial charge in [-0.2, -0.15) is 0 Å². The lowest BCUT2D eigenvalue weighted by Gasteiger charge is -2.42. The van der Waals surface area contributed by atoms with E-state index in [0.29, 0.717) is 0 Å². The Hall–Kier alpha value is -1.06. The molecule has 1 aromatic rings. The van der Waals surface area contributed by atoms with Crippen LogP contribution in [-0.4, -0.2) is 33.9 Å². The van der Waals surface area contributed by atoms with Gasteiger partial charge in [0, 0.05) is 11.0 Å². The number of hydrogen-bond acceptors (Lipinski definition) is 3. The summed E-state index contributed by atoms with van der Waals surface area (Å²) in [6.07, 6.45) is 2.31. The van der Waals surface area contributed by atoms with E-state index in [2.05, 4.69) is 17.4 Å². The molecule has 1 heterocycles. The average Bonchev–Trinajstić information content (AvgIpc) is 2.33. The molecule has 1 fully saturated rings.